The summed E-state index contributed by atoms with van der Waals surface area (Å²) in [5.74, 6) is 1.64. The van der Waals surface area contributed by atoms with Crippen molar-refractivity contribution in [3.8, 4) is 16.2 Å². The molecule has 2 aliphatic heterocycles. The first-order chi connectivity index (χ1) is 14.6. The third-order valence-corrected chi connectivity index (χ3v) is 7.26. The van der Waals surface area contributed by atoms with Gasteiger partial charge in [0, 0.05) is 6.04 Å². The first-order valence-corrected chi connectivity index (χ1v) is 11.4. The molecular weight excluding hydrogens is 392 g/mol. The summed E-state index contributed by atoms with van der Waals surface area (Å²) in [5.41, 5.74) is 2.83. The number of hydrogen-bond acceptors (Lipinski definition) is 4. The van der Waals surface area contributed by atoms with Crippen molar-refractivity contribution in [2.24, 2.45) is 5.92 Å². The third kappa shape index (κ3) is 3.63. The molecule has 30 heavy (non-hydrogen) atoms. The standard InChI is InChI=1S/C25H26N2O2S/c1-16-7-6-10-22(11-16)29-15-21-14-18-12-20(13-18)27(21)25(28)23-24(30-17(2)26-23)19-8-4-3-5-9-19/h3-11,18,20-21H,12-15H2,1-2H3. The van der Waals surface area contributed by atoms with Crippen molar-refractivity contribution in [1.29, 1.82) is 0 Å². The van der Waals surface area contributed by atoms with E-state index in [1.54, 1.807) is 11.3 Å². The molecule has 2 saturated heterocycles. The lowest BCUT2D eigenvalue weighted by Crippen LogP contribution is -2.60. The summed E-state index contributed by atoms with van der Waals surface area (Å²) in [6.45, 7) is 4.57. The maximum Gasteiger partial charge on any atom is 0.274 e. The second-order valence-electron chi connectivity index (χ2n) is 8.50. The number of carbonyl (C=O) groups is 1. The quantitative estimate of drug-likeness (QED) is 0.549. The fraction of sp³-hybridized carbons (Fsp3) is 0.360. The molecule has 3 aromatic rings. The summed E-state index contributed by atoms with van der Waals surface area (Å²) >= 11 is 1.60. The molecule has 0 spiro atoms. The number of piperidine rings is 2. The van der Waals surface area contributed by atoms with E-state index in [0.29, 0.717) is 18.3 Å². The van der Waals surface area contributed by atoms with E-state index in [-0.39, 0.29) is 11.9 Å². The zero-order valence-electron chi connectivity index (χ0n) is 17.4. The molecule has 154 valence electrons. The van der Waals surface area contributed by atoms with Gasteiger partial charge in [0.15, 0.2) is 0 Å². The molecule has 3 heterocycles. The van der Waals surface area contributed by atoms with Gasteiger partial charge in [-0.2, -0.15) is 0 Å². The number of hydrogen-bond donors (Lipinski definition) is 0. The largest absolute Gasteiger partial charge is 0.491 e. The highest BCUT2D eigenvalue weighted by atomic mass is 32.1. The maximum absolute atomic E-state index is 13.7. The van der Waals surface area contributed by atoms with Crippen LogP contribution in [0.3, 0.4) is 0 Å². The Hall–Kier alpha value is -2.66. The highest BCUT2D eigenvalue weighted by molar-refractivity contribution is 7.15. The van der Waals surface area contributed by atoms with Gasteiger partial charge in [0.05, 0.1) is 15.9 Å². The molecule has 4 nitrogen and oxygen atoms in total. The fourth-order valence-corrected chi connectivity index (χ4v) is 5.69. The van der Waals surface area contributed by atoms with Crippen molar-refractivity contribution >= 4 is 17.2 Å². The summed E-state index contributed by atoms with van der Waals surface area (Å²) in [7, 11) is 0. The number of thiazole rings is 1. The van der Waals surface area contributed by atoms with E-state index in [0.717, 1.165) is 46.4 Å². The Bertz CT molecular complexity index is 1060. The van der Waals surface area contributed by atoms with Crippen molar-refractivity contribution in [2.45, 2.75) is 45.2 Å². The topological polar surface area (TPSA) is 42.4 Å². The van der Waals surface area contributed by atoms with Gasteiger partial charge < -0.3 is 9.64 Å². The van der Waals surface area contributed by atoms with Crippen molar-refractivity contribution in [1.82, 2.24) is 9.88 Å². The van der Waals surface area contributed by atoms with Gasteiger partial charge in [0.1, 0.15) is 18.1 Å². The summed E-state index contributed by atoms with van der Waals surface area (Å²) in [6.07, 6.45) is 3.23. The summed E-state index contributed by atoms with van der Waals surface area (Å²) in [4.78, 5) is 21.4. The first-order valence-electron chi connectivity index (χ1n) is 10.6. The van der Waals surface area contributed by atoms with E-state index in [4.69, 9.17) is 4.74 Å². The van der Waals surface area contributed by atoms with Crippen molar-refractivity contribution in [3.05, 3.63) is 70.9 Å². The van der Waals surface area contributed by atoms with E-state index in [1.165, 1.54) is 5.56 Å². The number of fused-ring (bicyclic) bond motifs is 2. The van der Waals surface area contributed by atoms with Crippen LogP contribution in [0.15, 0.2) is 54.6 Å². The first kappa shape index (κ1) is 19.3. The summed E-state index contributed by atoms with van der Waals surface area (Å²) < 4.78 is 6.12. The van der Waals surface area contributed by atoms with Crippen LogP contribution in [0, 0.1) is 19.8 Å². The molecule has 0 N–H and O–H groups in total. The molecular formula is C25H26N2O2S. The van der Waals surface area contributed by atoms with Crippen LogP contribution in [0.5, 0.6) is 5.75 Å². The van der Waals surface area contributed by atoms with Crippen molar-refractivity contribution in [2.75, 3.05) is 6.61 Å². The van der Waals surface area contributed by atoms with Crippen LogP contribution in [0.25, 0.3) is 10.4 Å². The second kappa shape index (κ2) is 7.88. The molecule has 2 aromatic carbocycles. The average Bonchev–Trinajstić information content (AvgIpc) is 3.13. The molecule has 1 saturated carbocycles. The highest BCUT2D eigenvalue weighted by Crippen LogP contribution is 2.44. The molecule has 0 radical (unpaired) electrons. The Morgan fingerprint density at radius 2 is 1.90 bits per heavy atom. The van der Waals surface area contributed by atoms with E-state index in [2.05, 4.69) is 35.0 Å². The number of carbonyl (C=O) groups excluding carboxylic acids is 1. The third-order valence-electron chi connectivity index (χ3n) is 6.24. The van der Waals surface area contributed by atoms with Crippen LogP contribution in [0.1, 0.15) is 40.3 Å². The zero-order valence-corrected chi connectivity index (χ0v) is 18.2. The van der Waals surface area contributed by atoms with E-state index in [1.807, 2.05) is 43.3 Å². The average molecular weight is 419 g/mol. The van der Waals surface area contributed by atoms with E-state index < -0.39 is 0 Å². The molecule has 1 unspecified atom stereocenters. The number of rotatable bonds is 5. The van der Waals surface area contributed by atoms with Crippen LogP contribution in [-0.2, 0) is 0 Å². The molecule has 1 amide bonds. The lowest BCUT2D eigenvalue weighted by Gasteiger charge is -2.53. The Morgan fingerprint density at radius 1 is 1.10 bits per heavy atom. The van der Waals surface area contributed by atoms with Gasteiger partial charge in [-0.1, -0.05) is 42.5 Å². The van der Waals surface area contributed by atoms with Gasteiger partial charge in [-0.15, -0.1) is 11.3 Å². The van der Waals surface area contributed by atoms with Crippen LogP contribution in [-0.4, -0.2) is 34.5 Å². The summed E-state index contributed by atoms with van der Waals surface area (Å²) in [6, 6.07) is 18.6. The summed E-state index contributed by atoms with van der Waals surface area (Å²) in [5, 5.41) is 0.924. The normalized spacial score (nSPS) is 22.5. The number of ether oxygens (including phenoxy) is 1. The minimum atomic E-state index is 0.0548. The lowest BCUT2D eigenvalue weighted by molar-refractivity contribution is -0.0308. The van der Waals surface area contributed by atoms with Gasteiger partial charge in [0.25, 0.3) is 5.91 Å². The Labute approximate surface area is 181 Å². The minimum absolute atomic E-state index is 0.0548. The molecule has 5 heteroatoms. The number of aryl methyl sites for hydroxylation is 2. The van der Waals surface area contributed by atoms with Crippen molar-refractivity contribution in [3.63, 3.8) is 0 Å². The van der Waals surface area contributed by atoms with Crippen LogP contribution in [0.2, 0.25) is 0 Å². The predicted octanol–water partition coefficient (Wildman–Crippen LogP) is 5.50. The zero-order chi connectivity index (χ0) is 20.7. The molecule has 1 atom stereocenters. The van der Waals surface area contributed by atoms with E-state index in [9.17, 15) is 4.79 Å². The Morgan fingerprint density at radius 3 is 2.67 bits per heavy atom. The van der Waals surface area contributed by atoms with Crippen molar-refractivity contribution < 1.29 is 9.53 Å². The highest BCUT2D eigenvalue weighted by Gasteiger charge is 2.47. The SMILES string of the molecule is Cc1cccc(OCC2CC3CC(C3)N2C(=O)c2nc(C)sc2-c2ccccc2)c1. The number of amides is 1. The van der Waals surface area contributed by atoms with Gasteiger partial charge >= 0.3 is 0 Å². The molecule has 3 fully saturated rings. The predicted molar refractivity (Wildman–Crippen MR) is 120 cm³/mol. The minimum Gasteiger partial charge on any atom is -0.491 e. The Balaban J connectivity index is 1.41. The molecule has 1 aliphatic carbocycles. The van der Waals surface area contributed by atoms with Gasteiger partial charge in [-0.25, -0.2) is 4.98 Å². The van der Waals surface area contributed by atoms with Crippen LogP contribution in [0.4, 0.5) is 0 Å². The molecule has 1 aromatic heterocycles. The fourth-order valence-electron chi connectivity index (χ4n) is 4.77. The number of benzene rings is 2. The molecule has 3 aliphatic rings. The van der Waals surface area contributed by atoms with Crippen LogP contribution >= 0.6 is 11.3 Å². The monoisotopic (exact) mass is 418 g/mol. The maximum atomic E-state index is 13.7. The molecule has 2 bridgehead atoms. The van der Waals surface area contributed by atoms with Gasteiger partial charge in [-0.3, -0.25) is 4.79 Å². The second-order valence-corrected chi connectivity index (χ2v) is 9.70. The van der Waals surface area contributed by atoms with Gasteiger partial charge in [0.2, 0.25) is 0 Å². The lowest BCUT2D eigenvalue weighted by atomic mass is 9.70. The smallest absolute Gasteiger partial charge is 0.274 e. The molecule has 6 rings (SSSR count). The van der Waals surface area contributed by atoms with Crippen LogP contribution < -0.4 is 4.74 Å². The van der Waals surface area contributed by atoms with E-state index >= 15 is 0 Å². The number of aromatic nitrogens is 1. The van der Waals surface area contributed by atoms with Gasteiger partial charge in [-0.05, 0) is 62.3 Å². The Kier molecular flexibility index (Phi) is 5.07. The number of nitrogens with zero attached hydrogens (tertiary/aromatic N) is 2.